The Bertz CT molecular complexity index is 582. The molecule has 0 aliphatic carbocycles. The average Bonchev–Trinajstić information content (AvgIpc) is 2.47. The molecule has 0 aromatic heterocycles. The Kier molecular flexibility index (Phi) is 4.88. The minimum Gasteiger partial charge on any atom is -0.0651 e. The van der Waals surface area contributed by atoms with Gasteiger partial charge in [0.2, 0.25) is 0 Å². The van der Waals surface area contributed by atoms with Crippen LogP contribution in [0.25, 0.3) is 11.1 Å². The second-order valence-electron chi connectivity index (χ2n) is 6.91. The van der Waals surface area contributed by atoms with E-state index in [0.29, 0.717) is 0 Å². The number of hydrogen-bond acceptors (Lipinski definition) is 0. The van der Waals surface area contributed by atoms with Crippen LogP contribution in [0, 0.1) is 0 Å². The lowest BCUT2D eigenvalue weighted by molar-refractivity contribution is 0.590. The molecule has 0 radical (unpaired) electrons. The molecule has 0 spiro atoms. The maximum atomic E-state index is 2.37. The lowest BCUT2D eigenvalue weighted by atomic mass is 9.86. The number of benzene rings is 2. The molecule has 0 heterocycles. The third-order valence-electron chi connectivity index (χ3n) is 4.19. The van der Waals surface area contributed by atoms with Gasteiger partial charge in [-0.2, -0.15) is 0 Å². The van der Waals surface area contributed by atoms with Crippen LogP contribution in [0.2, 0.25) is 0 Å². The van der Waals surface area contributed by atoms with Crippen molar-refractivity contribution in [2.24, 2.45) is 0 Å². The first-order valence-corrected chi connectivity index (χ1v) is 8.18. The molecular weight excluding hydrogens is 252 g/mol. The van der Waals surface area contributed by atoms with Gasteiger partial charge in [-0.3, -0.25) is 0 Å². The minimum atomic E-state index is 0.220. The fraction of sp³-hybridized carbons (Fsp3) is 0.429. The monoisotopic (exact) mass is 280 g/mol. The van der Waals surface area contributed by atoms with Crippen molar-refractivity contribution in [2.75, 3.05) is 0 Å². The molecule has 0 bridgehead atoms. The molecule has 112 valence electrons. The summed E-state index contributed by atoms with van der Waals surface area (Å²) in [7, 11) is 0. The molecule has 0 aliphatic heterocycles. The first kappa shape index (κ1) is 15.8. The Hall–Kier alpha value is -1.56. The molecule has 0 saturated heterocycles. The fourth-order valence-electron chi connectivity index (χ4n) is 2.81. The van der Waals surface area contributed by atoms with Crippen molar-refractivity contribution >= 4 is 0 Å². The third-order valence-corrected chi connectivity index (χ3v) is 4.19. The second-order valence-corrected chi connectivity index (χ2v) is 6.91. The lowest BCUT2D eigenvalue weighted by Crippen LogP contribution is -2.10. The van der Waals surface area contributed by atoms with Crippen molar-refractivity contribution in [2.45, 2.75) is 59.3 Å². The van der Waals surface area contributed by atoms with E-state index in [-0.39, 0.29) is 5.41 Å². The minimum absolute atomic E-state index is 0.220. The van der Waals surface area contributed by atoms with Gasteiger partial charge in [0.25, 0.3) is 0 Å². The first-order chi connectivity index (χ1) is 9.95. The van der Waals surface area contributed by atoms with Crippen LogP contribution < -0.4 is 0 Å². The lowest BCUT2D eigenvalue weighted by Gasteiger charge is -2.19. The van der Waals surface area contributed by atoms with Crippen LogP contribution in [0.15, 0.2) is 42.5 Å². The summed E-state index contributed by atoms with van der Waals surface area (Å²) in [6.07, 6.45) is 3.52. The number of aryl methyl sites for hydroxylation is 2. The summed E-state index contributed by atoms with van der Waals surface area (Å²) < 4.78 is 0. The van der Waals surface area contributed by atoms with E-state index >= 15 is 0 Å². The van der Waals surface area contributed by atoms with E-state index in [2.05, 4.69) is 77.1 Å². The molecule has 0 heteroatoms. The van der Waals surface area contributed by atoms with E-state index in [4.69, 9.17) is 0 Å². The molecule has 2 aromatic rings. The van der Waals surface area contributed by atoms with Crippen LogP contribution >= 0.6 is 0 Å². The van der Waals surface area contributed by atoms with E-state index < -0.39 is 0 Å². The van der Waals surface area contributed by atoms with Gasteiger partial charge < -0.3 is 0 Å². The maximum absolute atomic E-state index is 2.37. The molecule has 0 atom stereocenters. The topological polar surface area (TPSA) is 0 Å². The molecule has 2 rings (SSSR count). The Morgan fingerprint density at radius 1 is 0.762 bits per heavy atom. The van der Waals surface area contributed by atoms with E-state index in [0.717, 1.165) is 6.42 Å². The van der Waals surface area contributed by atoms with Gasteiger partial charge in [0.15, 0.2) is 0 Å². The van der Waals surface area contributed by atoms with Crippen molar-refractivity contribution in [1.29, 1.82) is 0 Å². The highest BCUT2D eigenvalue weighted by atomic mass is 14.2. The van der Waals surface area contributed by atoms with Crippen molar-refractivity contribution in [3.05, 3.63) is 59.2 Å². The zero-order valence-corrected chi connectivity index (χ0v) is 14.2. The third kappa shape index (κ3) is 3.75. The summed E-state index contributed by atoms with van der Waals surface area (Å²) in [4.78, 5) is 0. The SMILES string of the molecule is CCCc1ccc(-c2ccc(C(C)(C)C)cc2)cc1CC. The van der Waals surface area contributed by atoms with Crippen LogP contribution in [-0.4, -0.2) is 0 Å². The van der Waals surface area contributed by atoms with Gasteiger partial charge in [-0.05, 0) is 46.1 Å². The van der Waals surface area contributed by atoms with Gasteiger partial charge in [-0.15, -0.1) is 0 Å². The molecule has 0 saturated carbocycles. The molecular formula is C21H28. The van der Waals surface area contributed by atoms with Crippen molar-refractivity contribution < 1.29 is 0 Å². The quantitative estimate of drug-likeness (QED) is 0.628. The number of rotatable bonds is 4. The van der Waals surface area contributed by atoms with Crippen LogP contribution in [0.3, 0.4) is 0 Å². The Morgan fingerprint density at radius 3 is 1.90 bits per heavy atom. The molecule has 0 fully saturated rings. The molecule has 21 heavy (non-hydrogen) atoms. The predicted molar refractivity (Wildman–Crippen MR) is 94.0 cm³/mol. The van der Waals surface area contributed by atoms with Crippen LogP contribution in [0.4, 0.5) is 0 Å². The van der Waals surface area contributed by atoms with Crippen LogP contribution in [-0.2, 0) is 18.3 Å². The van der Waals surface area contributed by atoms with E-state index in [1.807, 2.05) is 0 Å². The van der Waals surface area contributed by atoms with Gasteiger partial charge >= 0.3 is 0 Å². The largest absolute Gasteiger partial charge is 0.0651 e. The summed E-state index contributed by atoms with van der Waals surface area (Å²) in [5.41, 5.74) is 7.28. The Morgan fingerprint density at radius 2 is 1.38 bits per heavy atom. The standard InChI is InChI=1S/C21H28/c1-6-8-17-9-10-19(15-16(17)7-2)18-11-13-20(14-12-18)21(3,4)5/h9-15H,6-8H2,1-5H3. The molecule has 0 nitrogen and oxygen atoms in total. The van der Waals surface area contributed by atoms with Gasteiger partial charge in [0.05, 0.1) is 0 Å². The fourth-order valence-corrected chi connectivity index (χ4v) is 2.81. The molecule has 0 amide bonds. The average molecular weight is 280 g/mol. The van der Waals surface area contributed by atoms with Crippen molar-refractivity contribution in [1.82, 2.24) is 0 Å². The summed E-state index contributed by atoms with van der Waals surface area (Å²) >= 11 is 0. The van der Waals surface area contributed by atoms with Gasteiger partial charge in [0, 0.05) is 0 Å². The van der Waals surface area contributed by atoms with Gasteiger partial charge in [-0.25, -0.2) is 0 Å². The zero-order chi connectivity index (χ0) is 15.5. The molecule has 0 N–H and O–H groups in total. The summed E-state index contributed by atoms with van der Waals surface area (Å²) in [5.74, 6) is 0. The Balaban J connectivity index is 2.34. The zero-order valence-electron chi connectivity index (χ0n) is 14.2. The second kappa shape index (κ2) is 6.47. The summed E-state index contributed by atoms with van der Waals surface area (Å²) in [6, 6.07) is 16.0. The van der Waals surface area contributed by atoms with Crippen molar-refractivity contribution in [3.63, 3.8) is 0 Å². The van der Waals surface area contributed by atoms with Crippen molar-refractivity contribution in [3.8, 4) is 11.1 Å². The molecule has 0 unspecified atom stereocenters. The first-order valence-electron chi connectivity index (χ1n) is 8.18. The summed E-state index contributed by atoms with van der Waals surface area (Å²) in [6.45, 7) is 11.3. The molecule has 0 aliphatic rings. The Labute approximate surface area is 130 Å². The van der Waals surface area contributed by atoms with Gasteiger partial charge in [-0.1, -0.05) is 83.5 Å². The smallest absolute Gasteiger partial charge is 0.0132 e. The highest BCUT2D eigenvalue weighted by Crippen LogP contribution is 2.27. The normalized spacial score (nSPS) is 11.7. The summed E-state index contributed by atoms with van der Waals surface area (Å²) in [5, 5.41) is 0. The maximum Gasteiger partial charge on any atom is -0.0132 e. The number of hydrogen-bond donors (Lipinski definition) is 0. The van der Waals surface area contributed by atoms with E-state index in [9.17, 15) is 0 Å². The van der Waals surface area contributed by atoms with Crippen LogP contribution in [0.5, 0.6) is 0 Å². The van der Waals surface area contributed by atoms with Crippen LogP contribution in [0.1, 0.15) is 57.7 Å². The predicted octanol–water partition coefficient (Wildman–Crippen LogP) is 6.17. The van der Waals surface area contributed by atoms with E-state index in [1.54, 1.807) is 0 Å². The van der Waals surface area contributed by atoms with E-state index in [1.165, 1.54) is 40.7 Å². The highest BCUT2D eigenvalue weighted by molar-refractivity contribution is 5.65. The van der Waals surface area contributed by atoms with Gasteiger partial charge in [0.1, 0.15) is 0 Å². The highest BCUT2D eigenvalue weighted by Gasteiger charge is 2.13. The molecule has 2 aromatic carbocycles.